The molecule has 1 heterocycles. The third-order valence-corrected chi connectivity index (χ3v) is 6.40. The summed E-state index contributed by atoms with van der Waals surface area (Å²) in [7, 11) is 0. The first-order valence-electron chi connectivity index (χ1n) is 10.5. The maximum atomic E-state index is 13.5. The van der Waals surface area contributed by atoms with Gasteiger partial charge in [0, 0.05) is 19.1 Å². The summed E-state index contributed by atoms with van der Waals surface area (Å²) in [5.74, 6) is 1.22. The molecule has 0 spiro atoms. The SMILES string of the molecule is CCN(Cc1cccc(F)c1)C(=O)CSc1nnc(COc2ccccc2Cl)n1C1CC1. The fraction of sp³-hybridized carbons (Fsp3) is 0.348. The summed E-state index contributed by atoms with van der Waals surface area (Å²) < 4.78 is 21.4. The molecule has 0 unspecified atom stereocenters. The van der Waals surface area contributed by atoms with Gasteiger partial charge in [-0.2, -0.15) is 0 Å². The van der Waals surface area contributed by atoms with E-state index in [0.717, 1.165) is 24.2 Å². The van der Waals surface area contributed by atoms with Crippen molar-refractivity contribution in [1.29, 1.82) is 0 Å². The van der Waals surface area contributed by atoms with E-state index in [1.54, 1.807) is 17.0 Å². The lowest BCUT2D eigenvalue weighted by Crippen LogP contribution is -2.31. The molecule has 0 atom stereocenters. The summed E-state index contributed by atoms with van der Waals surface area (Å²) in [5.41, 5.74) is 0.769. The van der Waals surface area contributed by atoms with Crippen molar-refractivity contribution in [3.8, 4) is 5.75 Å². The minimum Gasteiger partial charge on any atom is -0.484 e. The van der Waals surface area contributed by atoms with E-state index < -0.39 is 0 Å². The van der Waals surface area contributed by atoms with Crippen LogP contribution in [0.15, 0.2) is 53.7 Å². The maximum absolute atomic E-state index is 13.5. The molecule has 2 aromatic carbocycles. The van der Waals surface area contributed by atoms with Crippen LogP contribution in [-0.2, 0) is 17.9 Å². The molecule has 0 aliphatic heterocycles. The zero-order valence-corrected chi connectivity index (χ0v) is 19.3. The van der Waals surface area contributed by atoms with E-state index >= 15 is 0 Å². The normalized spacial score (nSPS) is 13.2. The van der Waals surface area contributed by atoms with E-state index in [0.29, 0.717) is 35.1 Å². The second-order valence-electron chi connectivity index (χ2n) is 7.55. The number of ether oxygens (including phenoxy) is 1. The van der Waals surface area contributed by atoms with Gasteiger partial charge in [-0.1, -0.05) is 47.6 Å². The molecule has 1 fully saturated rings. The number of halogens is 2. The van der Waals surface area contributed by atoms with Crippen LogP contribution in [0.5, 0.6) is 5.75 Å². The van der Waals surface area contributed by atoms with E-state index in [9.17, 15) is 9.18 Å². The van der Waals surface area contributed by atoms with Crippen molar-refractivity contribution in [2.75, 3.05) is 12.3 Å². The molecular formula is C23H24ClFN4O2S. The van der Waals surface area contributed by atoms with E-state index in [4.69, 9.17) is 16.3 Å². The molecule has 1 aliphatic carbocycles. The van der Waals surface area contributed by atoms with Gasteiger partial charge in [0.15, 0.2) is 11.0 Å². The highest BCUT2D eigenvalue weighted by Crippen LogP contribution is 2.39. The van der Waals surface area contributed by atoms with Crippen molar-refractivity contribution in [2.24, 2.45) is 0 Å². The molecule has 1 amide bonds. The van der Waals surface area contributed by atoms with Crippen LogP contribution in [0.25, 0.3) is 0 Å². The molecule has 0 bridgehead atoms. The van der Waals surface area contributed by atoms with E-state index in [1.807, 2.05) is 31.2 Å². The van der Waals surface area contributed by atoms with Gasteiger partial charge in [-0.25, -0.2) is 4.39 Å². The number of nitrogens with zero attached hydrogens (tertiary/aromatic N) is 4. The van der Waals surface area contributed by atoms with Gasteiger partial charge in [0.1, 0.15) is 18.2 Å². The van der Waals surface area contributed by atoms with Crippen LogP contribution in [0.4, 0.5) is 4.39 Å². The number of rotatable bonds is 10. The van der Waals surface area contributed by atoms with Crippen molar-refractivity contribution in [2.45, 2.75) is 44.1 Å². The van der Waals surface area contributed by atoms with Crippen molar-refractivity contribution in [1.82, 2.24) is 19.7 Å². The zero-order chi connectivity index (χ0) is 22.5. The highest BCUT2D eigenvalue weighted by molar-refractivity contribution is 7.99. The third-order valence-electron chi connectivity index (χ3n) is 5.16. The predicted octanol–water partition coefficient (Wildman–Crippen LogP) is 5.13. The van der Waals surface area contributed by atoms with E-state index in [-0.39, 0.29) is 24.1 Å². The highest BCUT2D eigenvalue weighted by Gasteiger charge is 2.30. The lowest BCUT2D eigenvalue weighted by atomic mass is 10.2. The lowest BCUT2D eigenvalue weighted by Gasteiger charge is -2.21. The minimum atomic E-state index is -0.301. The first kappa shape index (κ1) is 22.6. The Morgan fingerprint density at radius 2 is 2.06 bits per heavy atom. The Hall–Kier alpha value is -2.58. The molecule has 4 rings (SSSR count). The van der Waals surface area contributed by atoms with Gasteiger partial charge >= 0.3 is 0 Å². The minimum absolute atomic E-state index is 0.0269. The first-order valence-corrected chi connectivity index (χ1v) is 11.9. The Bertz CT molecular complexity index is 1090. The Balaban J connectivity index is 1.39. The average molecular weight is 475 g/mol. The van der Waals surface area contributed by atoms with Gasteiger partial charge in [0.05, 0.1) is 10.8 Å². The van der Waals surface area contributed by atoms with Crippen LogP contribution in [0.2, 0.25) is 5.02 Å². The zero-order valence-electron chi connectivity index (χ0n) is 17.7. The number of hydrogen-bond acceptors (Lipinski definition) is 5. The number of amides is 1. The van der Waals surface area contributed by atoms with Crippen LogP contribution in [0.3, 0.4) is 0 Å². The quantitative estimate of drug-likeness (QED) is 0.381. The molecular weight excluding hydrogens is 451 g/mol. The fourth-order valence-corrected chi connectivity index (χ4v) is 4.47. The molecule has 6 nitrogen and oxygen atoms in total. The number of aromatic nitrogens is 3. The van der Waals surface area contributed by atoms with Crippen LogP contribution in [-0.4, -0.2) is 37.9 Å². The number of carbonyl (C=O) groups is 1. The number of para-hydroxylation sites is 1. The molecule has 32 heavy (non-hydrogen) atoms. The van der Waals surface area contributed by atoms with E-state index in [2.05, 4.69) is 14.8 Å². The number of benzene rings is 2. The Labute approximate surface area is 195 Å². The topological polar surface area (TPSA) is 60.3 Å². The summed E-state index contributed by atoms with van der Waals surface area (Å²) in [6.45, 7) is 3.09. The van der Waals surface area contributed by atoms with Gasteiger partial charge < -0.3 is 9.64 Å². The Kier molecular flexibility index (Phi) is 7.32. The standard InChI is InChI=1S/C23H24ClFN4O2S/c1-2-28(13-16-6-5-7-17(25)12-16)22(30)15-32-23-27-26-21(29(23)18-10-11-18)14-31-20-9-4-3-8-19(20)24/h3-9,12,18H,2,10-11,13-15H2,1H3. The third kappa shape index (κ3) is 5.61. The molecule has 168 valence electrons. The largest absolute Gasteiger partial charge is 0.484 e. The summed E-state index contributed by atoms with van der Waals surface area (Å²) in [6, 6.07) is 14.0. The molecule has 1 aliphatic rings. The summed E-state index contributed by atoms with van der Waals surface area (Å²) in [6.07, 6.45) is 2.11. The molecule has 9 heteroatoms. The summed E-state index contributed by atoms with van der Waals surface area (Å²) in [5, 5.41) is 9.86. The van der Waals surface area contributed by atoms with E-state index in [1.165, 1.54) is 23.9 Å². The molecule has 0 radical (unpaired) electrons. The van der Waals surface area contributed by atoms with Crippen molar-refractivity contribution >= 4 is 29.3 Å². The monoisotopic (exact) mass is 474 g/mol. The summed E-state index contributed by atoms with van der Waals surface area (Å²) >= 11 is 7.54. The predicted molar refractivity (Wildman–Crippen MR) is 122 cm³/mol. The lowest BCUT2D eigenvalue weighted by molar-refractivity contribution is -0.128. The molecule has 3 aromatic rings. The maximum Gasteiger partial charge on any atom is 0.233 e. The van der Waals surface area contributed by atoms with Gasteiger partial charge in [0.2, 0.25) is 5.91 Å². The Morgan fingerprint density at radius 1 is 1.25 bits per heavy atom. The molecule has 0 saturated heterocycles. The van der Waals surface area contributed by atoms with Crippen molar-refractivity contribution < 1.29 is 13.9 Å². The molecule has 0 N–H and O–H groups in total. The van der Waals surface area contributed by atoms with Gasteiger partial charge in [0.25, 0.3) is 0 Å². The second-order valence-corrected chi connectivity index (χ2v) is 8.90. The van der Waals surface area contributed by atoms with Crippen LogP contribution in [0, 0.1) is 5.82 Å². The fourth-order valence-electron chi connectivity index (χ4n) is 3.36. The average Bonchev–Trinajstić information content (AvgIpc) is 3.55. The Morgan fingerprint density at radius 3 is 2.78 bits per heavy atom. The first-order chi connectivity index (χ1) is 15.5. The van der Waals surface area contributed by atoms with Crippen molar-refractivity contribution in [3.63, 3.8) is 0 Å². The highest BCUT2D eigenvalue weighted by atomic mass is 35.5. The number of carbonyl (C=O) groups excluding carboxylic acids is 1. The number of thioether (sulfide) groups is 1. The van der Waals surface area contributed by atoms with Gasteiger partial charge in [-0.05, 0) is 49.6 Å². The van der Waals surface area contributed by atoms with Crippen LogP contribution in [0.1, 0.15) is 37.2 Å². The van der Waals surface area contributed by atoms with Crippen LogP contribution >= 0.6 is 23.4 Å². The van der Waals surface area contributed by atoms with Crippen LogP contribution < -0.4 is 4.74 Å². The summed E-state index contributed by atoms with van der Waals surface area (Å²) in [4.78, 5) is 14.5. The molecule has 1 saturated carbocycles. The van der Waals surface area contributed by atoms with Gasteiger partial charge in [-0.3, -0.25) is 9.36 Å². The van der Waals surface area contributed by atoms with Crippen molar-refractivity contribution in [3.05, 3.63) is 70.8 Å². The molecule has 1 aromatic heterocycles. The second kappa shape index (κ2) is 10.4. The number of hydrogen-bond donors (Lipinski definition) is 0. The smallest absolute Gasteiger partial charge is 0.233 e. The van der Waals surface area contributed by atoms with Gasteiger partial charge in [-0.15, -0.1) is 10.2 Å².